The van der Waals surface area contributed by atoms with Crippen molar-refractivity contribution in [1.29, 1.82) is 0 Å². The zero-order chi connectivity index (χ0) is 18.7. The van der Waals surface area contributed by atoms with Gasteiger partial charge in [-0.3, -0.25) is 4.79 Å². The lowest BCUT2D eigenvalue weighted by Crippen LogP contribution is -2.39. The van der Waals surface area contributed by atoms with E-state index in [9.17, 15) is 9.59 Å². The third-order valence-corrected chi connectivity index (χ3v) is 4.62. The van der Waals surface area contributed by atoms with Crippen molar-refractivity contribution in [3.8, 4) is 5.75 Å². The summed E-state index contributed by atoms with van der Waals surface area (Å²) < 4.78 is 5.22. The molecule has 1 unspecified atom stereocenters. The Morgan fingerprint density at radius 2 is 1.92 bits per heavy atom. The van der Waals surface area contributed by atoms with Gasteiger partial charge in [-0.2, -0.15) is 0 Å². The minimum absolute atomic E-state index is 0.0100. The summed E-state index contributed by atoms with van der Waals surface area (Å²) >= 11 is 0. The zero-order valence-corrected chi connectivity index (χ0v) is 15.2. The van der Waals surface area contributed by atoms with Crippen LogP contribution in [0.4, 0.5) is 16.2 Å². The van der Waals surface area contributed by atoms with E-state index in [1.54, 1.807) is 24.1 Å². The highest BCUT2D eigenvalue weighted by Crippen LogP contribution is 2.25. The first-order chi connectivity index (χ1) is 12.5. The van der Waals surface area contributed by atoms with E-state index in [1.165, 1.54) is 5.56 Å². The fourth-order valence-electron chi connectivity index (χ4n) is 3.04. The third kappa shape index (κ3) is 3.79. The predicted molar refractivity (Wildman–Crippen MR) is 102 cm³/mol. The SMILES string of the molecule is COc1ccccc1NC(=O)NC1CC(=O)N(c2ccc(C)c(C)c2)C1. The predicted octanol–water partition coefficient (Wildman–Crippen LogP) is 3.24. The maximum absolute atomic E-state index is 12.4. The van der Waals surface area contributed by atoms with Crippen molar-refractivity contribution in [3.63, 3.8) is 0 Å². The van der Waals surface area contributed by atoms with Crippen LogP contribution in [-0.4, -0.2) is 31.6 Å². The van der Waals surface area contributed by atoms with Crippen LogP contribution < -0.4 is 20.3 Å². The number of anilines is 2. The minimum Gasteiger partial charge on any atom is -0.495 e. The van der Waals surface area contributed by atoms with Gasteiger partial charge in [-0.05, 0) is 49.2 Å². The number of hydrogen-bond acceptors (Lipinski definition) is 3. The molecule has 1 fully saturated rings. The standard InChI is InChI=1S/C20H23N3O3/c1-13-8-9-16(10-14(13)2)23-12-15(11-19(23)24)21-20(25)22-17-6-4-5-7-18(17)26-3/h4-10,15H,11-12H2,1-3H3,(H2,21,22,25). The molecule has 0 spiro atoms. The largest absolute Gasteiger partial charge is 0.495 e. The fraction of sp³-hybridized carbons (Fsp3) is 0.300. The number of benzene rings is 2. The van der Waals surface area contributed by atoms with E-state index in [1.807, 2.05) is 44.2 Å². The Morgan fingerprint density at radius 1 is 1.15 bits per heavy atom. The molecule has 1 aliphatic heterocycles. The number of ether oxygens (including phenoxy) is 1. The Kier molecular flexibility index (Phi) is 5.11. The van der Waals surface area contributed by atoms with Gasteiger partial charge in [0.15, 0.2) is 0 Å². The fourth-order valence-corrected chi connectivity index (χ4v) is 3.04. The van der Waals surface area contributed by atoms with E-state index in [0.717, 1.165) is 11.3 Å². The molecule has 26 heavy (non-hydrogen) atoms. The molecule has 1 aliphatic rings. The molecule has 6 heteroatoms. The summed E-state index contributed by atoms with van der Waals surface area (Å²) in [5, 5.41) is 5.64. The molecule has 0 aromatic heterocycles. The van der Waals surface area contributed by atoms with Gasteiger partial charge in [0.05, 0.1) is 18.8 Å². The highest BCUT2D eigenvalue weighted by molar-refractivity contribution is 5.98. The van der Waals surface area contributed by atoms with E-state index in [0.29, 0.717) is 18.0 Å². The van der Waals surface area contributed by atoms with Crippen LogP contribution in [0, 0.1) is 13.8 Å². The molecule has 0 radical (unpaired) electrons. The van der Waals surface area contributed by atoms with E-state index in [-0.39, 0.29) is 24.4 Å². The number of methoxy groups -OCH3 is 1. The van der Waals surface area contributed by atoms with Crippen LogP contribution in [0.3, 0.4) is 0 Å². The summed E-state index contributed by atoms with van der Waals surface area (Å²) in [6.45, 7) is 4.52. The maximum atomic E-state index is 12.4. The topological polar surface area (TPSA) is 70.7 Å². The van der Waals surface area contributed by atoms with Gasteiger partial charge in [-0.1, -0.05) is 18.2 Å². The quantitative estimate of drug-likeness (QED) is 0.886. The lowest BCUT2D eigenvalue weighted by molar-refractivity contribution is -0.117. The Morgan fingerprint density at radius 3 is 2.65 bits per heavy atom. The maximum Gasteiger partial charge on any atom is 0.319 e. The highest BCUT2D eigenvalue weighted by Gasteiger charge is 2.31. The molecule has 2 aromatic carbocycles. The highest BCUT2D eigenvalue weighted by atomic mass is 16.5. The Balaban J connectivity index is 1.63. The summed E-state index contributed by atoms with van der Waals surface area (Å²) in [7, 11) is 1.55. The smallest absolute Gasteiger partial charge is 0.319 e. The van der Waals surface area contributed by atoms with Gasteiger partial charge in [-0.15, -0.1) is 0 Å². The molecule has 2 aromatic rings. The Bertz CT molecular complexity index is 835. The zero-order valence-electron chi connectivity index (χ0n) is 15.2. The molecule has 1 saturated heterocycles. The first-order valence-electron chi connectivity index (χ1n) is 8.56. The first-order valence-corrected chi connectivity index (χ1v) is 8.56. The molecule has 0 aliphatic carbocycles. The second-order valence-electron chi connectivity index (χ2n) is 6.47. The molecule has 136 valence electrons. The molecule has 6 nitrogen and oxygen atoms in total. The van der Waals surface area contributed by atoms with Crippen LogP contribution in [0.2, 0.25) is 0 Å². The summed E-state index contributed by atoms with van der Waals surface area (Å²) in [5.74, 6) is 0.595. The van der Waals surface area contributed by atoms with E-state index < -0.39 is 0 Å². The molecule has 1 atom stereocenters. The van der Waals surface area contributed by atoms with Gasteiger partial charge in [0.1, 0.15) is 5.75 Å². The van der Waals surface area contributed by atoms with Gasteiger partial charge >= 0.3 is 6.03 Å². The number of hydrogen-bond donors (Lipinski definition) is 2. The van der Waals surface area contributed by atoms with Crippen LogP contribution >= 0.6 is 0 Å². The molecule has 0 bridgehead atoms. The number of urea groups is 1. The van der Waals surface area contributed by atoms with Crippen LogP contribution in [0.15, 0.2) is 42.5 Å². The summed E-state index contributed by atoms with van der Waals surface area (Å²) in [5.41, 5.74) is 3.78. The summed E-state index contributed by atoms with van der Waals surface area (Å²) in [6, 6.07) is 12.6. The number of amides is 3. The number of para-hydroxylation sites is 2. The lowest BCUT2D eigenvalue weighted by Gasteiger charge is -2.19. The van der Waals surface area contributed by atoms with Crippen LogP contribution in [0.25, 0.3) is 0 Å². The van der Waals surface area contributed by atoms with Crippen molar-refractivity contribution in [2.45, 2.75) is 26.3 Å². The number of nitrogens with one attached hydrogen (secondary N) is 2. The molecular formula is C20H23N3O3. The first kappa shape index (κ1) is 17.8. The monoisotopic (exact) mass is 353 g/mol. The van der Waals surface area contributed by atoms with E-state index >= 15 is 0 Å². The van der Waals surface area contributed by atoms with Gasteiger partial charge in [-0.25, -0.2) is 4.79 Å². The number of carbonyl (C=O) groups excluding carboxylic acids is 2. The molecular weight excluding hydrogens is 330 g/mol. The minimum atomic E-state index is -0.353. The summed E-state index contributed by atoms with van der Waals surface area (Å²) in [4.78, 5) is 26.4. The number of rotatable bonds is 4. The van der Waals surface area contributed by atoms with E-state index in [2.05, 4.69) is 10.6 Å². The Hall–Kier alpha value is -3.02. The summed E-state index contributed by atoms with van der Waals surface area (Å²) in [6.07, 6.45) is 0.284. The van der Waals surface area contributed by atoms with Gasteiger partial charge in [0.25, 0.3) is 0 Å². The van der Waals surface area contributed by atoms with Crippen LogP contribution in [0.1, 0.15) is 17.5 Å². The van der Waals surface area contributed by atoms with Crippen molar-refractivity contribution in [1.82, 2.24) is 5.32 Å². The van der Waals surface area contributed by atoms with E-state index in [4.69, 9.17) is 4.74 Å². The van der Waals surface area contributed by atoms with Crippen molar-refractivity contribution in [3.05, 3.63) is 53.6 Å². The molecule has 3 rings (SSSR count). The van der Waals surface area contributed by atoms with Gasteiger partial charge in [0, 0.05) is 18.7 Å². The second-order valence-corrected chi connectivity index (χ2v) is 6.47. The lowest BCUT2D eigenvalue weighted by atomic mass is 10.1. The number of carbonyl (C=O) groups is 2. The Labute approximate surface area is 153 Å². The molecule has 1 heterocycles. The van der Waals surface area contributed by atoms with Crippen molar-refractivity contribution in [2.24, 2.45) is 0 Å². The third-order valence-electron chi connectivity index (χ3n) is 4.62. The molecule has 0 saturated carbocycles. The van der Waals surface area contributed by atoms with Gasteiger partial charge in [0.2, 0.25) is 5.91 Å². The average Bonchev–Trinajstić information content (AvgIpc) is 2.98. The van der Waals surface area contributed by atoms with Crippen LogP contribution in [-0.2, 0) is 4.79 Å². The van der Waals surface area contributed by atoms with Crippen LogP contribution in [0.5, 0.6) is 5.75 Å². The van der Waals surface area contributed by atoms with Crippen molar-refractivity contribution in [2.75, 3.05) is 23.9 Å². The van der Waals surface area contributed by atoms with Gasteiger partial charge < -0.3 is 20.3 Å². The molecule has 3 amide bonds. The van der Waals surface area contributed by atoms with Crippen molar-refractivity contribution >= 4 is 23.3 Å². The normalized spacial score (nSPS) is 16.5. The second kappa shape index (κ2) is 7.47. The average molecular weight is 353 g/mol. The number of nitrogens with zero attached hydrogens (tertiary/aromatic N) is 1. The molecule has 2 N–H and O–H groups in total. The van der Waals surface area contributed by atoms with Crippen molar-refractivity contribution < 1.29 is 14.3 Å². The number of aryl methyl sites for hydroxylation is 2.